The van der Waals surface area contributed by atoms with Gasteiger partial charge in [0.25, 0.3) is 0 Å². The van der Waals surface area contributed by atoms with Gasteiger partial charge in [0.15, 0.2) is 6.10 Å². The summed E-state index contributed by atoms with van der Waals surface area (Å²) in [6.45, 7) is 6.47. The second-order valence-electron chi connectivity index (χ2n) is 21.3. The minimum absolute atomic E-state index is 0.0755. The number of unbranched alkanes of at least 4 members (excludes halogenated alkanes) is 33. The maximum Gasteiger partial charge on any atom is 0.306 e. The monoisotopic (exact) mass is 1040 g/mol. The lowest BCUT2D eigenvalue weighted by molar-refractivity contribution is -0.167. The first-order chi connectivity index (χ1) is 37.0. The molecule has 0 heterocycles. The van der Waals surface area contributed by atoms with Crippen LogP contribution in [0.3, 0.4) is 0 Å². The number of ether oxygens (including phenoxy) is 3. The maximum absolute atomic E-state index is 12.8. The Morgan fingerprint density at radius 2 is 0.520 bits per heavy atom. The van der Waals surface area contributed by atoms with Crippen LogP contribution in [0.5, 0.6) is 0 Å². The predicted molar refractivity (Wildman–Crippen MR) is 325 cm³/mol. The number of esters is 3. The number of hydrogen-bond acceptors (Lipinski definition) is 6. The second-order valence-corrected chi connectivity index (χ2v) is 21.3. The predicted octanol–water partition coefficient (Wildman–Crippen LogP) is 21.9. The van der Waals surface area contributed by atoms with E-state index in [1.165, 1.54) is 161 Å². The van der Waals surface area contributed by atoms with Gasteiger partial charge in [-0.05, 0) is 77.0 Å². The van der Waals surface area contributed by atoms with E-state index < -0.39 is 6.10 Å². The second kappa shape index (κ2) is 63.1. The van der Waals surface area contributed by atoms with Crippen molar-refractivity contribution in [2.45, 2.75) is 322 Å². The normalized spacial score (nSPS) is 12.6. The number of allylic oxidation sites excluding steroid dienone is 14. The SMILES string of the molecule is CC/C=C\C/C=C\C/C=C\C/C=C\C/C=C\C/C=C\C/C=C\CCCCCCCCCCCC(=O)OCC(COC(=O)CCCCCCC)OC(=O)CCCCCCCCCCCCCCCCCCCCCCC. The molecule has 0 fully saturated rings. The summed E-state index contributed by atoms with van der Waals surface area (Å²) in [5.41, 5.74) is 0. The molecule has 75 heavy (non-hydrogen) atoms. The van der Waals surface area contributed by atoms with E-state index in [-0.39, 0.29) is 31.1 Å². The van der Waals surface area contributed by atoms with Crippen LogP contribution in [0.15, 0.2) is 85.1 Å². The van der Waals surface area contributed by atoms with E-state index >= 15 is 0 Å². The quantitative estimate of drug-likeness (QED) is 0.0261. The van der Waals surface area contributed by atoms with Crippen LogP contribution in [0.4, 0.5) is 0 Å². The molecule has 0 saturated heterocycles. The van der Waals surface area contributed by atoms with Crippen LogP contribution >= 0.6 is 0 Å². The zero-order valence-electron chi connectivity index (χ0n) is 49.6. The van der Waals surface area contributed by atoms with Crippen molar-refractivity contribution in [2.24, 2.45) is 0 Å². The van der Waals surface area contributed by atoms with Crippen molar-refractivity contribution < 1.29 is 28.6 Å². The summed E-state index contributed by atoms with van der Waals surface area (Å²) < 4.78 is 16.8. The van der Waals surface area contributed by atoms with Crippen LogP contribution in [-0.2, 0) is 28.6 Å². The summed E-state index contributed by atoms with van der Waals surface area (Å²) in [6.07, 6.45) is 83.6. The van der Waals surface area contributed by atoms with Gasteiger partial charge < -0.3 is 14.2 Å². The summed E-state index contributed by atoms with van der Waals surface area (Å²) >= 11 is 0. The van der Waals surface area contributed by atoms with Crippen molar-refractivity contribution in [3.63, 3.8) is 0 Å². The Morgan fingerprint density at radius 3 is 0.813 bits per heavy atom. The van der Waals surface area contributed by atoms with Gasteiger partial charge in [0, 0.05) is 19.3 Å². The molecule has 0 saturated carbocycles. The van der Waals surface area contributed by atoms with Gasteiger partial charge in [0.2, 0.25) is 0 Å². The summed E-state index contributed by atoms with van der Waals surface area (Å²) in [6, 6.07) is 0. The molecule has 0 aliphatic rings. The van der Waals surface area contributed by atoms with Crippen LogP contribution in [0, 0.1) is 0 Å². The van der Waals surface area contributed by atoms with Gasteiger partial charge in [-0.1, -0.05) is 305 Å². The van der Waals surface area contributed by atoms with E-state index in [0.29, 0.717) is 19.3 Å². The molecule has 0 radical (unpaired) electrons. The molecule has 1 unspecified atom stereocenters. The Balaban J connectivity index is 4.04. The van der Waals surface area contributed by atoms with Gasteiger partial charge in [-0.25, -0.2) is 0 Å². The van der Waals surface area contributed by atoms with Crippen molar-refractivity contribution in [3.8, 4) is 0 Å². The largest absolute Gasteiger partial charge is 0.462 e. The molecule has 0 aromatic heterocycles. The van der Waals surface area contributed by atoms with Crippen molar-refractivity contribution in [2.75, 3.05) is 13.2 Å². The number of carbonyl (C=O) groups is 3. The fourth-order valence-corrected chi connectivity index (χ4v) is 9.13. The molecule has 1 atom stereocenters. The molecule has 0 aliphatic carbocycles. The molecule has 0 aliphatic heterocycles. The molecular formula is C69H120O6. The first-order valence-electron chi connectivity index (χ1n) is 32.1. The Labute approximate surface area is 465 Å². The highest BCUT2D eigenvalue weighted by atomic mass is 16.6. The van der Waals surface area contributed by atoms with Gasteiger partial charge in [-0.15, -0.1) is 0 Å². The standard InChI is InChI=1S/C69H120O6/c1-4-7-10-13-15-17-19-21-23-25-27-29-30-31-32-33-34-35-36-37-38-40-41-43-45-47-49-51-53-56-59-62-68(71)74-65-66(64-73-67(70)61-58-55-12-9-6-3)75-69(72)63-60-57-54-52-50-48-46-44-42-39-28-26-24-22-20-18-16-14-11-8-5-2/h7,10,15,17,21,23,27,29,31-32,34-35,37-38,66H,4-6,8-9,11-14,16,18-20,22,24-26,28,30,33,36,39-65H2,1-3H3/b10-7-,17-15-,23-21-,29-27-,32-31-,35-34-,38-37-. The van der Waals surface area contributed by atoms with Gasteiger partial charge in [0.1, 0.15) is 13.2 Å². The van der Waals surface area contributed by atoms with Crippen LogP contribution in [-0.4, -0.2) is 37.2 Å². The average molecular weight is 1050 g/mol. The number of carbonyl (C=O) groups excluding carboxylic acids is 3. The third-order valence-electron chi connectivity index (χ3n) is 13.9. The molecule has 6 nitrogen and oxygen atoms in total. The minimum Gasteiger partial charge on any atom is -0.462 e. The lowest BCUT2D eigenvalue weighted by atomic mass is 10.0. The molecular weight excluding hydrogens is 925 g/mol. The maximum atomic E-state index is 12.8. The van der Waals surface area contributed by atoms with E-state index in [9.17, 15) is 14.4 Å². The Morgan fingerprint density at radius 1 is 0.280 bits per heavy atom. The highest BCUT2D eigenvalue weighted by molar-refractivity contribution is 5.71. The third kappa shape index (κ3) is 61.3. The smallest absolute Gasteiger partial charge is 0.306 e. The molecule has 0 rings (SSSR count). The van der Waals surface area contributed by atoms with Gasteiger partial charge in [-0.2, -0.15) is 0 Å². The highest BCUT2D eigenvalue weighted by Gasteiger charge is 2.19. The fraction of sp³-hybridized carbons (Fsp3) is 0.754. The molecule has 0 spiro atoms. The van der Waals surface area contributed by atoms with Crippen molar-refractivity contribution in [1.29, 1.82) is 0 Å². The number of hydrogen-bond donors (Lipinski definition) is 0. The zero-order valence-corrected chi connectivity index (χ0v) is 49.6. The van der Waals surface area contributed by atoms with Crippen molar-refractivity contribution in [1.82, 2.24) is 0 Å². The van der Waals surface area contributed by atoms with Crippen molar-refractivity contribution in [3.05, 3.63) is 85.1 Å². The molecule has 0 amide bonds. The first-order valence-corrected chi connectivity index (χ1v) is 32.1. The summed E-state index contributed by atoms with van der Waals surface area (Å²) in [5.74, 6) is -0.883. The summed E-state index contributed by atoms with van der Waals surface area (Å²) in [7, 11) is 0. The summed E-state index contributed by atoms with van der Waals surface area (Å²) in [4.78, 5) is 37.9. The average Bonchev–Trinajstić information content (AvgIpc) is 3.41. The van der Waals surface area contributed by atoms with Crippen LogP contribution in [0.25, 0.3) is 0 Å². The van der Waals surface area contributed by atoms with E-state index in [1.807, 2.05) is 0 Å². The zero-order chi connectivity index (χ0) is 54.3. The van der Waals surface area contributed by atoms with E-state index in [4.69, 9.17) is 14.2 Å². The van der Waals surface area contributed by atoms with Crippen LogP contribution in [0.1, 0.15) is 316 Å². The molecule has 0 aromatic rings. The Kier molecular flexibility index (Phi) is 60.3. The van der Waals surface area contributed by atoms with E-state index in [0.717, 1.165) is 116 Å². The number of rotatable bonds is 58. The Hall–Kier alpha value is -3.41. The molecule has 432 valence electrons. The van der Waals surface area contributed by atoms with Gasteiger partial charge in [0.05, 0.1) is 0 Å². The van der Waals surface area contributed by atoms with E-state index in [1.54, 1.807) is 0 Å². The minimum atomic E-state index is -0.773. The van der Waals surface area contributed by atoms with E-state index in [2.05, 4.69) is 106 Å². The van der Waals surface area contributed by atoms with Crippen molar-refractivity contribution >= 4 is 17.9 Å². The van der Waals surface area contributed by atoms with Gasteiger partial charge in [-0.3, -0.25) is 14.4 Å². The topological polar surface area (TPSA) is 78.9 Å². The lowest BCUT2D eigenvalue weighted by Gasteiger charge is -2.18. The van der Waals surface area contributed by atoms with Crippen LogP contribution in [0.2, 0.25) is 0 Å². The molecule has 0 aromatic carbocycles. The highest BCUT2D eigenvalue weighted by Crippen LogP contribution is 2.17. The van der Waals surface area contributed by atoms with Gasteiger partial charge >= 0.3 is 17.9 Å². The fourth-order valence-electron chi connectivity index (χ4n) is 9.13. The van der Waals surface area contributed by atoms with Crippen LogP contribution < -0.4 is 0 Å². The Bertz CT molecular complexity index is 1430. The lowest BCUT2D eigenvalue weighted by Crippen LogP contribution is -2.30. The molecule has 6 heteroatoms. The summed E-state index contributed by atoms with van der Waals surface area (Å²) in [5, 5.41) is 0. The third-order valence-corrected chi connectivity index (χ3v) is 13.9. The molecule has 0 bridgehead atoms. The first kappa shape index (κ1) is 71.6. The molecule has 0 N–H and O–H groups in total.